The fourth-order valence-corrected chi connectivity index (χ4v) is 3.30. The fraction of sp³-hybridized carbons (Fsp3) is 0.381. The molecule has 0 radical (unpaired) electrons. The van der Waals surface area contributed by atoms with Crippen molar-refractivity contribution in [2.24, 2.45) is 0 Å². The molecule has 3 rings (SSSR count). The summed E-state index contributed by atoms with van der Waals surface area (Å²) in [5, 5.41) is 3.60. The zero-order chi connectivity index (χ0) is 19.9. The highest BCUT2D eigenvalue weighted by Gasteiger charge is 2.30. The standard InChI is InChI=1S/C21H27N3O4/c1-4-28-21(25)24(19-7-5-6-8-20(19)27-3)23-15-13-22(14-16-23)17-9-11-18(26-2)12-10-17/h5-12H,4,13-16H2,1-3H3. The zero-order valence-electron chi connectivity index (χ0n) is 16.6. The molecular weight excluding hydrogens is 358 g/mol. The van der Waals surface area contributed by atoms with Crippen molar-refractivity contribution in [1.82, 2.24) is 5.01 Å². The maximum atomic E-state index is 12.7. The minimum atomic E-state index is -0.398. The number of carbonyl (C=O) groups excluding carboxylic acids is 1. The van der Waals surface area contributed by atoms with E-state index in [0.29, 0.717) is 31.1 Å². The minimum Gasteiger partial charge on any atom is -0.497 e. The van der Waals surface area contributed by atoms with Gasteiger partial charge >= 0.3 is 6.09 Å². The van der Waals surface area contributed by atoms with Crippen LogP contribution in [0.5, 0.6) is 11.5 Å². The molecule has 0 aromatic heterocycles. The number of anilines is 2. The van der Waals surface area contributed by atoms with Gasteiger partial charge in [-0.3, -0.25) is 0 Å². The molecule has 0 unspecified atom stereocenters. The van der Waals surface area contributed by atoms with E-state index in [-0.39, 0.29) is 0 Å². The molecule has 0 spiro atoms. The van der Waals surface area contributed by atoms with E-state index in [1.54, 1.807) is 26.2 Å². The van der Waals surface area contributed by atoms with Crippen molar-refractivity contribution in [3.8, 4) is 11.5 Å². The highest BCUT2D eigenvalue weighted by atomic mass is 16.6. The molecule has 150 valence electrons. The monoisotopic (exact) mass is 385 g/mol. The van der Waals surface area contributed by atoms with E-state index in [1.165, 1.54) is 0 Å². The zero-order valence-corrected chi connectivity index (χ0v) is 16.6. The summed E-state index contributed by atoms with van der Waals surface area (Å²) in [6, 6.07) is 15.5. The van der Waals surface area contributed by atoms with E-state index in [4.69, 9.17) is 14.2 Å². The quantitative estimate of drug-likeness (QED) is 0.760. The van der Waals surface area contributed by atoms with E-state index >= 15 is 0 Å². The number of nitrogens with zero attached hydrogens (tertiary/aromatic N) is 3. The van der Waals surface area contributed by atoms with Gasteiger partial charge in [-0.25, -0.2) is 14.8 Å². The van der Waals surface area contributed by atoms with Gasteiger partial charge in [0.1, 0.15) is 17.2 Å². The Labute approximate surface area is 166 Å². The van der Waals surface area contributed by atoms with Crippen LogP contribution < -0.4 is 19.4 Å². The third-order valence-corrected chi connectivity index (χ3v) is 4.73. The molecule has 1 saturated heterocycles. The molecule has 1 aliphatic heterocycles. The lowest BCUT2D eigenvalue weighted by atomic mass is 10.2. The van der Waals surface area contributed by atoms with Crippen LogP contribution in [0, 0.1) is 0 Å². The number of para-hydroxylation sites is 2. The predicted octanol–water partition coefficient (Wildman–Crippen LogP) is 3.40. The average molecular weight is 385 g/mol. The Morgan fingerprint density at radius 2 is 1.64 bits per heavy atom. The van der Waals surface area contributed by atoms with Crippen LogP contribution in [-0.2, 0) is 4.74 Å². The van der Waals surface area contributed by atoms with E-state index in [0.717, 1.165) is 24.5 Å². The van der Waals surface area contributed by atoms with Crippen LogP contribution in [0.2, 0.25) is 0 Å². The maximum absolute atomic E-state index is 12.7. The van der Waals surface area contributed by atoms with E-state index in [2.05, 4.69) is 17.0 Å². The third kappa shape index (κ3) is 4.31. The first-order chi connectivity index (χ1) is 13.7. The molecule has 1 amide bonds. The topological polar surface area (TPSA) is 54.5 Å². The van der Waals surface area contributed by atoms with Crippen LogP contribution in [0.25, 0.3) is 0 Å². The summed E-state index contributed by atoms with van der Waals surface area (Å²) >= 11 is 0. The van der Waals surface area contributed by atoms with Crippen molar-refractivity contribution in [1.29, 1.82) is 0 Å². The molecule has 0 saturated carbocycles. The van der Waals surface area contributed by atoms with Gasteiger partial charge in [0.15, 0.2) is 0 Å². The second-order valence-electron chi connectivity index (χ2n) is 6.32. The van der Waals surface area contributed by atoms with Gasteiger partial charge < -0.3 is 19.1 Å². The number of ether oxygens (including phenoxy) is 3. The largest absolute Gasteiger partial charge is 0.497 e. The molecule has 1 fully saturated rings. The number of methoxy groups -OCH3 is 2. The van der Waals surface area contributed by atoms with Gasteiger partial charge in [-0.05, 0) is 43.3 Å². The Kier molecular flexibility index (Phi) is 6.60. The number of hydrogen-bond acceptors (Lipinski definition) is 6. The molecule has 2 aromatic rings. The highest BCUT2D eigenvalue weighted by Crippen LogP contribution is 2.30. The number of carbonyl (C=O) groups is 1. The van der Waals surface area contributed by atoms with E-state index < -0.39 is 6.09 Å². The van der Waals surface area contributed by atoms with Crippen molar-refractivity contribution in [3.05, 3.63) is 48.5 Å². The van der Waals surface area contributed by atoms with Gasteiger partial charge in [0.05, 0.1) is 20.8 Å². The molecule has 1 heterocycles. The summed E-state index contributed by atoms with van der Waals surface area (Å²) in [6.07, 6.45) is -0.398. The van der Waals surface area contributed by atoms with Crippen LogP contribution >= 0.6 is 0 Å². The van der Waals surface area contributed by atoms with E-state index in [1.807, 2.05) is 41.4 Å². The van der Waals surface area contributed by atoms with Gasteiger partial charge in [0.2, 0.25) is 0 Å². The van der Waals surface area contributed by atoms with Crippen LogP contribution in [0.15, 0.2) is 48.5 Å². The molecule has 0 aliphatic carbocycles. The Balaban J connectivity index is 1.76. The molecule has 28 heavy (non-hydrogen) atoms. The summed E-state index contributed by atoms with van der Waals surface area (Å²) in [5.41, 5.74) is 1.82. The first kappa shape index (κ1) is 19.8. The lowest BCUT2D eigenvalue weighted by Crippen LogP contribution is -2.56. The Morgan fingerprint density at radius 1 is 0.964 bits per heavy atom. The van der Waals surface area contributed by atoms with Crippen molar-refractivity contribution in [2.45, 2.75) is 6.92 Å². The first-order valence-corrected chi connectivity index (χ1v) is 9.41. The molecule has 0 bridgehead atoms. The summed E-state index contributed by atoms with van der Waals surface area (Å²) in [6.45, 7) is 5.07. The van der Waals surface area contributed by atoms with Gasteiger partial charge in [-0.2, -0.15) is 0 Å². The molecule has 1 aliphatic rings. The van der Waals surface area contributed by atoms with Crippen LogP contribution in [-0.4, -0.2) is 58.1 Å². The van der Waals surface area contributed by atoms with Gasteiger partial charge in [-0.1, -0.05) is 12.1 Å². The Bertz CT molecular complexity index is 773. The number of hydrogen-bond donors (Lipinski definition) is 0. The smallest absolute Gasteiger partial charge is 0.429 e. The number of amides is 1. The summed E-state index contributed by atoms with van der Waals surface area (Å²) < 4.78 is 16.0. The molecule has 7 heteroatoms. The second-order valence-corrected chi connectivity index (χ2v) is 6.32. The molecule has 2 aromatic carbocycles. The number of benzene rings is 2. The predicted molar refractivity (Wildman–Crippen MR) is 109 cm³/mol. The lowest BCUT2D eigenvalue weighted by Gasteiger charge is -2.41. The van der Waals surface area contributed by atoms with Crippen LogP contribution in [0.4, 0.5) is 16.2 Å². The second kappa shape index (κ2) is 9.32. The first-order valence-electron chi connectivity index (χ1n) is 9.41. The number of piperazine rings is 1. The van der Waals surface area contributed by atoms with Crippen molar-refractivity contribution in [2.75, 3.05) is 56.9 Å². The SMILES string of the molecule is CCOC(=O)N(c1ccccc1OC)N1CCN(c2ccc(OC)cc2)CC1. The van der Waals surface area contributed by atoms with Gasteiger partial charge in [-0.15, -0.1) is 0 Å². The maximum Gasteiger partial charge on any atom is 0.429 e. The van der Waals surface area contributed by atoms with Crippen LogP contribution in [0.1, 0.15) is 6.92 Å². The van der Waals surface area contributed by atoms with Crippen molar-refractivity contribution in [3.63, 3.8) is 0 Å². The van der Waals surface area contributed by atoms with Gasteiger partial charge in [0.25, 0.3) is 0 Å². The molecule has 0 atom stereocenters. The number of rotatable bonds is 6. The number of hydrazine groups is 1. The minimum absolute atomic E-state index is 0.316. The average Bonchev–Trinajstić information content (AvgIpc) is 2.75. The van der Waals surface area contributed by atoms with Crippen LogP contribution in [0.3, 0.4) is 0 Å². The molecule has 7 nitrogen and oxygen atoms in total. The highest BCUT2D eigenvalue weighted by molar-refractivity contribution is 5.88. The molecular formula is C21H27N3O4. The summed E-state index contributed by atoms with van der Waals surface area (Å²) in [5.74, 6) is 1.47. The summed E-state index contributed by atoms with van der Waals surface area (Å²) in [4.78, 5) is 15.0. The summed E-state index contributed by atoms with van der Waals surface area (Å²) in [7, 11) is 3.26. The van der Waals surface area contributed by atoms with Gasteiger partial charge in [0, 0.05) is 31.9 Å². The normalized spacial score (nSPS) is 14.5. The Morgan fingerprint density at radius 3 is 2.25 bits per heavy atom. The van der Waals surface area contributed by atoms with E-state index in [9.17, 15) is 4.79 Å². The lowest BCUT2D eigenvalue weighted by molar-refractivity contribution is 0.130. The van der Waals surface area contributed by atoms with Crippen molar-refractivity contribution < 1.29 is 19.0 Å². The fourth-order valence-electron chi connectivity index (χ4n) is 3.30. The third-order valence-electron chi connectivity index (χ3n) is 4.73. The Hall–Kier alpha value is -2.93. The molecule has 0 N–H and O–H groups in total. The van der Waals surface area contributed by atoms with Crippen molar-refractivity contribution >= 4 is 17.5 Å².